The van der Waals surface area contributed by atoms with Crippen LogP contribution >= 0.6 is 11.3 Å². The second kappa shape index (κ2) is 9.12. The van der Waals surface area contributed by atoms with E-state index < -0.39 is 0 Å². The topological polar surface area (TPSA) is 46.5 Å². The summed E-state index contributed by atoms with van der Waals surface area (Å²) in [5.74, 6) is -0.342. The van der Waals surface area contributed by atoms with E-state index in [0.29, 0.717) is 25.3 Å². The van der Waals surface area contributed by atoms with Gasteiger partial charge in [0.2, 0.25) is 0 Å². The van der Waals surface area contributed by atoms with E-state index in [-0.39, 0.29) is 17.8 Å². The highest BCUT2D eigenvalue weighted by atomic mass is 32.1. The van der Waals surface area contributed by atoms with E-state index in [1.165, 1.54) is 12.1 Å². The molecule has 3 heterocycles. The molecule has 5 nitrogen and oxygen atoms in total. The lowest BCUT2D eigenvalue weighted by Crippen LogP contribution is -2.44. The van der Waals surface area contributed by atoms with Gasteiger partial charge in [-0.1, -0.05) is 12.1 Å². The van der Waals surface area contributed by atoms with E-state index in [9.17, 15) is 9.18 Å². The number of carbonyl (C=O) groups excluding carboxylic acids is 1. The maximum atomic E-state index is 13.4. The number of rotatable bonds is 6. The third-order valence-electron chi connectivity index (χ3n) is 5.63. The summed E-state index contributed by atoms with van der Waals surface area (Å²) in [7, 11) is 0. The molecule has 2 aromatic heterocycles. The first kappa shape index (κ1) is 20.8. The number of halogens is 1. The molecule has 0 saturated carbocycles. The van der Waals surface area contributed by atoms with E-state index in [4.69, 9.17) is 4.74 Å². The van der Waals surface area contributed by atoms with Crippen molar-refractivity contribution in [2.45, 2.75) is 19.9 Å². The quantitative estimate of drug-likeness (QED) is 0.644. The van der Waals surface area contributed by atoms with Crippen LogP contribution in [0.4, 0.5) is 4.39 Å². The fraction of sp³-hybridized carbons (Fsp3) is 0.348. The number of amides is 1. The van der Waals surface area contributed by atoms with Gasteiger partial charge in [-0.2, -0.15) is 0 Å². The summed E-state index contributed by atoms with van der Waals surface area (Å²) in [5, 5.41) is 4.07. The van der Waals surface area contributed by atoms with E-state index in [1.54, 1.807) is 23.5 Å². The van der Waals surface area contributed by atoms with Crippen LogP contribution in [-0.4, -0.2) is 48.2 Å². The molecule has 7 heteroatoms. The van der Waals surface area contributed by atoms with Crippen molar-refractivity contribution >= 4 is 17.2 Å². The Labute approximate surface area is 180 Å². The Morgan fingerprint density at radius 3 is 2.50 bits per heavy atom. The van der Waals surface area contributed by atoms with Gasteiger partial charge in [-0.3, -0.25) is 9.69 Å². The molecule has 1 aliphatic heterocycles. The second-order valence-electron chi connectivity index (χ2n) is 7.48. The molecule has 3 aromatic rings. The van der Waals surface area contributed by atoms with Gasteiger partial charge in [0, 0.05) is 36.9 Å². The van der Waals surface area contributed by atoms with Crippen molar-refractivity contribution in [2.24, 2.45) is 0 Å². The molecule has 4 rings (SSSR count). The summed E-state index contributed by atoms with van der Waals surface area (Å²) < 4.78 is 20.9. The predicted octanol–water partition coefficient (Wildman–Crippen LogP) is 4.10. The average molecular weight is 428 g/mol. The molecule has 1 aliphatic rings. The molecule has 1 saturated heterocycles. The normalized spacial score (nSPS) is 15.8. The highest BCUT2D eigenvalue weighted by molar-refractivity contribution is 7.15. The summed E-state index contributed by atoms with van der Waals surface area (Å²) >= 11 is 1.62. The summed E-state index contributed by atoms with van der Waals surface area (Å²) in [6, 6.07) is 10.4. The number of ether oxygens (including phenoxy) is 1. The lowest BCUT2D eigenvalue weighted by molar-refractivity contribution is 0.0162. The van der Waals surface area contributed by atoms with Crippen LogP contribution in [0.5, 0.6) is 0 Å². The van der Waals surface area contributed by atoms with E-state index in [1.807, 2.05) is 42.9 Å². The monoisotopic (exact) mass is 427 g/mol. The van der Waals surface area contributed by atoms with Crippen molar-refractivity contribution in [1.82, 2.24) is 14.8 Å². The maximum absolute atomic E-state index is 13.4. The van der Waals surface area contributed by atoms with Gasteiger partial charge < -0.3 is 14.6 Å². The fourth-order valence-electron chi connectivity index (χ4n) is 3.84. The molecule has 1 N–H and O–H groups in total. The molecule has 1 amide bonds. The maximum Gasteiger partial charge on any atom is 0.254 e. The molecule has 1 aromatic carbocycles. The zero-order valence-corrected chi connectivity index (χ0v) is 18.0. The van der Waals surface area contributed by atoms with Gasteiger partial charge >= 0.3 is 0 Å². The van der Waals surface area contributed by atoms with E-state index in [0.717, 1.165) is 34.1 Å². The Bertz CT molecular complexity index is 992. The van der Waals surface area contributed by atoms with Crippen molar-refractivity contribution in [3.8, 4) is 5.00 Å². The highest BCUT2D eigenvalue weighted by Crippen LogP contribution is 2.31. The number of morpholine rings is 1. The Balaban J connectivity index is 1.57. The minimum atomic E-state index is -0.260. The number of aromatic nitrogens is 1. The number of carbonyl (C=O) groups is 1. The van der Waals surface area contributed by atoms with Gasteiger partial charge in [0.25, 0.3) is 5.91 Å². The average Bonchev–Trinajstić information content (AvgIpc) is 3.39. The Hall–Kier alpha value is -2.48. The first-order valence-corrected chi connectivity index (χ1v) is 10.9. The highest BCUT2D eigenvalue weighted by Gasteiger charge is 2.25. The molecule has 1 atom stereocenters. The number of hydrogen-bond donors (Lipinski definition) is 1. The minimum Gasteiger partial charge on any atom is -0.379 e. The van der Waals surface area contributed by atoms with Crippen LogP contribution in [0, 0.1) is 19.7 Å². The molecule has 30 heavy (non-hydrogen) atoms. The van der Waals surface area contributed by atoms with Crippen LogP contribution in [0.2, 0.25) is 0 Å². The molecule has 0 unspecified atom stereocenters. The summed E-state index contributed by atoms with van der Waals surface area (Å²) in [6.45, 7) is 7.36. The third kappa shape index (κ3) is 4.33. The van der Waals surface area contributed by atoms with E-state index in [2.05, 4.69) is 10.2 Å². The SMILES string of the molecule is Cc1sc(-n2cccc2)c(C(=O)NC[C@H](c2ccc(F)cc2)N2CCOCC2)c1C. The Morgan fingerprint density at radius 1 is 1.17 bits per heavy atom. The largest absolute Gasteiger partial charge is 0.379 e. The zero-order chi connectivity index (χ0) is 21.1. The second-order valence-corrected chi connectivity index (χ2v) is 8.68. The summed E-state index contributed by atoms with van der Waals surface area (Å²) in [5.41, 5.74) is 2.71. The summed E-state index contributed by atoms with van der Waals surface area (Å²) in [4.78, 5) is 16.7. The number of nitrogens with zero attached hydrogens (tertiary/aromatic N) is 2. The van der Waals surface area contributed by atoms with Crippen LogP contribution in [0.25, 0.3) is 5.00 Å². The zero-order valence-electron chi connectivity index (χ0n) is 17.2. The van der Waals surface area contributed by atoms with E-state index >= 15 is 0 Å². The van der Waals surface area contributed by atoms with Crippen molar-refractivity contribution in [3.05, 3.63) is 76.2 Å². The van der Waals surface area contributed by atoms with Gasteiger partial charge in [-0.25, -0.2) is 4.39 Å². The molecule has 1 fully saturated rings. The van der Waals surface area contributed by atoms with Crippen molar-refractivity contribution in [2.75, 3.05) is 32.8 Å². The van der Waals surface area contributed by atoms with Gasteiger partial charge in [0.05, 0.1) is 24.8 Å². The van der Waals surface area contributed by atoms with Gasteiger partial charge in [-0.05, 0) is 49.2 Å². The van der Waals surface area contributed by atoms with Gasteiger partial charge in [-0.15, -0.1) is 11.3 Å². The number of nitrogens with one attached hydrogen (secondary N) is 1. The molecule has 0 spiro atoms. The number of aryl methyl sites for hydroxylation is 1. The van der Waals surface area contributed by atoms with Crippen molar-refractivity contribution in [3.63, 3.8) is 0 Å². The lowest BCUT2D eigenvalue weighted by Gasteiger charge is -2.35. The standard InChI is InChI=1S/C23H26FN3O2S/c1-16-17(2)30-23(27-9-3-4-10-27)21(16)22(28)25-15-20(26-11-13-29-14-12-26)18-5-7-19(24)8-6-18/h3-10,20H,11-15H2,1-2H3,(H,25,28)/t20-/m1/s1. The molecule has 0 bridgehead atoms. The fourth-order valence-corrected chi connectivity index (χ4v) is 4.96. The Kier molecular flexibility index (Phi) is 6.32. The molecule has 0 radical (unpaired) electrons. The minimum absolute atomic E-state index is 0.0338. The van der Waals surface area contributed by atoms with Crippen molar-refractivity contribution < 1.29 is 13.9 Å². The molecular formula is C23H26FN3O2S. The Morgan fingerprint density at radius 2 is 1.83 bits per heavy atom. The van der Waals surface area contributed by atoms with Crippen LogP contribution < -0.4 is 5.32 Å². The number of benzene rings is 1. The third-order valence-corrected chi connectivity index (χ3v) is 6.85. The predicted molar refractivity (Wildman–Crippen MR) is 117 cm³/mol. The van der Waals surface area contributed by atoms with Crippen LogP contribution in [-0.2, 0) is 4.74 Å². The van der Waals surface area contributed by atoms with Gasteiger partial charge in [0.1, 0.15) is 10.8 Å². The van der Waals surface area contributed by atoms with Crippen LogP contribution in [0.15, 0.2) is 48.8 Å². The first-order chi connectivity index (χ1) is 14.5. The first-order valence-electron chi connectivity index (χ1n) is 10.1. The number of hydrogen-bond acceptors (Lipinski definition) is 4. The molecule has 0 aliphatic carbocycles. The van der Waals surface area contributed by atoms with Crippen molar-refractivity contribution in [1.29, 1.82) is 0 Å². The van der Waals surface area contributed by atoms with Crippen LogP contribution in [0.1, 0.15) is 32.4 Å². The lowest BCUT2D eigenvalue weighted by atomic mass is 10.0. The summed E-state index contributed by atoms with van der Waals surface area (Å²) in [6.07, 6.45) is 3.91. The number of thiophene rings is 1. The molecular weight excluding hydrogens is 401 g/mol. The van der Waals surface area contributed by atoms with Gasteiger partial charge in [0.15, 0.2) is 0 Å². The smallest absolute Gasteiger partial charge is 0.254 e. The molecule has 158 valence electrons. The van der Waals surface area contributed by atoms with Crippen LogP contribution in [0.3, 0.4) is 0 Å².